The molecule has 0 aliphatic heterocycles. The number of aliphatic hydroxyl groups is 1. The first kappa shape index (κ1) is 16.5. The van der Waals surface area contributed by atoms with Crippen LogP contribution in [0.4, 0.5) is 0 Å². The van der Waals surface area contributed by atoms with Crippen molar-refractivity contribution < 1.29 is 66.4 Å². The van der Waals surface area contributed by atoms with Crippen LogP contribution in [0.3, 0.4) is 0 Å². The third-order valence-electron chi connectivity index (χ3n) is 2.00. The number of hydrogen-bond donors (Lipinski definition) is 1. The fourth-order valence-corrected chi connectivity index (χ4v) is 1.10. The molecule has 0 rings (SSSR count). The largest absolute Gasteiger partial charge is 1.00 e. The van der Waals surface area contributed by atoms with E-state index >= 15 is 0 Å². The second kappa shape index (κ2) is 9.61. The molecule has 0 aliphatic rings. The zero-order valence-electron chi connectivity index (χ0n) is 8.75. The second-order valence-corrected chi connectivity index (χ2v) is 3.26. The van der Waals surface area contributed by atoms with Crippen LogP contribution in [0, 0.1) is 5.92 Å². The first-order valence-electron chi connectivity index (χ1n) is 4.45. The molecule has 4 heteroatoms. The van der Waals surface area contributed by atoms with E-state index in [-0.39, 0.29) is 63.7 Å². The Morgan fingerprint density at radius 1 is 1.54 bits per heavy atom. The van der Waals surface area contributed by atoms with Crippen molar-refractivity contribution in [2.24, 2.45) is 5.92 Å². The van der Waals surface area contributed by atoms with Gasteiger partial charge in [0.25, 0.3) is 0 Å². The number of carboxylic acids is 1. The van der Waals surface area contributed by atoms with Crippen LogP contribution in [0.2, 0.25) is 0 Å². The van der Waals surface area contributed by atoms with Crippen molar-refractivity contribution in [2.45, 2.75) is 45.6 Å². The number of unbranched alkanes of at least 4 members (excludes halogenated alkanes) is 1. The molecule has 0 spiro atoms. The Morgan fingerprint density at radius 2 is 2.08 bits per heavy atom. The van der Waals surface area contributed by atoms with Crippen LogP contribution in [0.5, 0.6) is 0 Å². The number of aliphatic carboxylic acids is 1. The smallest absolute Gasteiger partial charge is 0.550 e. The summed E-state index contributed by atoms with van der Waals surface area (Å²) in [6.07, 6.45) is 2.10. The Morgan fingerprint density at radius 3 is 2.46 bits per heavy atom. The van der Waals surface area contributed by atoms with Crippen molar-refractivity contribution in [1.82, 2.24) is 0 Å². The Hall–Kier alpha value is 1.07. The van der Waals surface area contributed by atoms with Gasteiger partial charge >= 0.3 is 51.4 Å². The second-order valence-electron chi connectivity index (χ2n) is 3.26. The van der Waals surface area contributed by atoms with Gasteiger partial charge in [-0.15, -0.1) is 0 Å². The quantitative estimate of drug-likeness (QED) is 0.488. The average Bonchev–Trinajstić information content (AvgIpc) is 1.98. The van der Waals surface area contributed by atoms with E-state index in [4.69, 9.17) is 0 Å². The molecular formula is C9H17KO3. The Labute approximate surface area is 122 Å². The molecule has 72 valence electrons. The maximum atomic E-state index is 10.2. The first-order chi connectivity index (χ1) is 5.57. The fraction of sp³-hybridized carbons (Fsp3) is 0.889. The van der Waals surface area contributed by atoms with Crippen LogP contribution in [0.25, 0.3) is 0 Å². The summed E-state index contributed by atoms with van der Waals surface area (Å²) in [4.78, 5) is 10.2. The van der Waals surface area contributed by atoms with E-state index in [0.717, 1.165) is 12.8 Å². The molecule has 3 nitrogen and oxygen atoms in total. The molecule has 0 saturated heterocycles. The zero-order chi connectivity index (χ0) is 9.56. The molecule has 1 N–H and O–H groups in total. The minimum atomic E-state index is -1.09. The van der Waals surface area contributed by atoms with E-state index in [2.05, 4.69) is 0 Å². The van der Waals surface area contributed by atoms with Gasteiger partial charge in [-0.05, 0) is 18.8 Å². The molecule has 0 unspecified atom stereocenters. The van der Waals surface area contributed by atoms with Gasteiger partial charge in [-0.3, -0.25) is 0 Å². The SMILES string of the molecule is CCCC[C@H](O)[C@@H](C)CC(=O)[O-].[K+]. The van der Waals surface area contributed by atoms with Crippen molar-refractivity contribution >= 4 is 5.97 Å². The van der Waals surface area contributed by atoms with E-state index in [1.165, 1.54) is 0 Å². The van der Waals surface area contributed by atoms with Crippen LogP contribution in [-0.4, -0.2) is 17.2 Å². The van der Waals surface area contributed by atoms with E-state index in [0.29, 0.717) is 6.42 Å². The van der Waals surface area contributed by atoms with E-state index in [9.17, 15) is 15.0 Å². The number of carbonyl (C=O) groups excluding carboxylic acids is 1. The van der Waals surface area contributed by atoms with E-state index < -0.39 is 12.1 Å². The van der Waals surface area contributed by atoms with Crippen LogP contribution in [0.15, 0.2) is 0 Å². The summed E-state index contributed by atoms with van der Waals surface area (Å²) in [7, 11) is 0. The van der Waals surface area contributed by atoms with Gasteiger partial charge in [0.05, 0.1) is 6.10 Å². The van der Waals surface area contributed by atoms with Crippen LogP contribution in [-0.2, 0) is 4.79 Å². The third-order valence-corrected chi connectivity index (χ3v) is 2.00. The van der Waals surface area contributed by atoms with Gasteiger partial charge in [0.1, 0.15) is 0 Å². The molecule has 13 heavy (non-hydrogen) atoms. The summed E-state index contributed by atoms with van der Waals surface area (Å²) in [5, 5.41) is 19.6. The van der Waals surface area contributed by atoms with E-state index in [1.807, 2.05) is 6.92 Å². The van der Waals surface area contributed by atoms with Crippen molar-refractivity contribution in [3.8, 4) is 0 Å². The van der Waals surface area contributed by atoms with Gasteiger partial charge in [0, 0.05) is 5.97 Å². The molecule has 2 atom stereocenters. The summed E-state index contributed by atoms with van der Waals surface area (Å²) in [6.45, 7) is 3.77. The minimum Gasteiger partial charge on any atom is -0.550 e. The molecule has 0 aromatic rings. The monoisotopic (exact) mass is 212 g/mol. The first-order valence-corrected chi connectivity index (χ1v) is 4.45. The van der Waals surface area contributed by atoms with Crippen LogP contribution in [0.1, 0.15) is 39.5 Å². The molecule has 0 heterocycles. The van der Waals surface area contributed by atoms with E-state index in [1.54, 1.807) is 6.92 Å². The number of carboxylic acid groups (broad SMARTS) is 1. The predicted molar refractivity (Wildman–Crippen MR) is 44.3 cm³/mol. The number of aliphatic hydroxyl groups excluding tert-OH is 1. The molecule has 0 aromatic carbocycles. The van der Waals surface area contributed by atoms with Gasteiger partial charge in [-0.25, -0.2) is 0 Å². The van der Waals surface area contributed by atoms with Gasteiger partial charge in [-0.1, -0.05) is 26.7 Å². The summed E-state index contributed by atoms with van der Waals surface area (Å²) in [6, 6.07) is 0. The molecule has 0 aromatic heterocycles. The Kier molecular flexibility index (Phi) is 12.2. The number of carbonyl (C=O) groups is 1. The van der Waals surface area contributed by atoms with Crippen LogP contribution >= 0.6 is 0 Å². The number of rotatable bonds is 6. The van der Waals surface area contributed by atoms with Gasteiger partial charge in [0.15, 0.2) is 0 Å². The fourth-order valence-electron chi connectivity index (χ4n) is 1.10. The Bertz CT molecular complexity index is 139. The van der Waals surface area contributed by atoms with Crippen molar-refractivity contribution in [3.63, 3.8) is 0 Å². The maximum Gasteiger partial charge on any atom is 1.00 e. The minimum absolute atomic E-state index is 0. The summed E-state index contributed by atoms with van der Waals surface area (Å²) in [5.74, 6) is -1.28. The van der Waals surface area contributed by atoms with Gasteiger partial charge < -0.3 is 15.0 Å². The number of hydrogen-bond acceptors (Lipinski definition) is 3. The standard InChI is InChI=1S/C9H18O3.K/c1-3-4-5-8(10)7(2)6-9(11)12;/h7-8,10H,3-6H2,1-2H3,(H,11,12);/q;+1/p-1/t7-,8-;/m0./s1. The molecule has 0 amide bonds. The molecule has 0 aliphatic carbocycles. The molecule has 0 radical (unpaired) electrons. The Balaban J connectivity index is 0. The maximum absolute atomic E-state index is 10.2. The topological polar surface area (TPSA) is 60.4 Å². The summed E-state index contributed by atoms with van der Waals surface area (Å²) < 4.78 is 0. The summed E-state index contributed by atoms with van der Waals surface area (Å²) in [5.41, 5.74) is 0. The van der Waals surface area contributed by atoms with Gasteiger partial charge in [0.2, 0.25) is 0 Å². The van der Waals surface area contributed by atoms with Crippen molar-refractivity contribution in [3.05, 3.63) is 0 Å². The molecule has 0 fully saturated rings. The van der Waals surface area contributed by atoms with Gasteiger partial charge in [-0.2, -0.15) is 0 Å². The summed E-state index contributed by atoms with van der Waals surface area (Å²) >= 11 is 0. The average molecular weight is 212 g/mol. The van der Waals surface area contributed by atoms with Crippen LogP contribution < -0.4 is 56.5 Å². The molecule has 0 bridgehead atoms. The third kappa shape index (κ3) is 9.37. The molecular weight excluding hydrogens is 195 g/mol. The molecule has 0 saturated carbocycles. The predicted octanol–water partition coefficient (Wildman–Crippen LogP) is -2.68. The van der Waals surface area contributed by atoms with Crippen molar-refractivity contribution in [2.75, 3.05) is 0 Å². The normalized spacial score (nSPS) is 14.4. The van der Waals surface area contributed by atoms with Crippen molar-refractivity contribution in [1.29, 1.82) is 0 Å². The zero-order valence-corrected chi connectivity index (χ0v) is 11.9.